The predicted molar refractivity (Wildman–Crippen MR) is 75.7 cm³/mol. The maximum atomic E-state index is 11.2. The van der Waals surface area contributed by atoms with Crippen molar-refractivity contribution in [3.05, 3.63) is 23.2 Å². The highest BCUT2D eigenvalue weighted by molar-refractivity contribution is 7.92. The summed E-state index contributed by atoms with van der Waals surface area (Å²) in [6.07, 6.45) is 1.08. The third kappa shape index (κ3) is 4.60. The minimum absolute atomic E-state index is 0.304. The van der Waals surface area contributed by atoms with Gasteiger partial charge in [0.2, 0.25) is 10.0 Å². The third-order valence-corrected chi connectivity index (χ3v) is 3.12. The summed E-state index contributed by atoms with van der Waals surface area (Å²) in [6, 6.07) is 4.70. The Kier molecular flexibility index (Phi) is 4.16. The van der Waals surface area contributed by atoms with E-state index in [1.807, 2.05) is 0 Å². The zero-order chi connectivity index (χ0) is 13.9. The first kappa shape index (κ1) is 14.0. The number of nitrogens with zero attached hydrogens (tertiary/aromatic N) is 1. The molecule has 2 rings (SSSR count). The van der Waals surface area contributed by atoms with Crippen LogP contribution in [0.15, 0.2) is 23.2 Å². The lowest BCUT2D eigenvalue weighted by Gasteiger charge is -2.10. The highest BCUT2D eigenvalue weighted by Crippen LogP contribution is 2.25. The van der Waals surface area contributed by atoms with Gasteiger partial charge in [-0.05, 0) is 12.1 Å². The number of halogens is 1. The van der Waals surface area contributed by atoms with Gasteiger partial charge in [0.15, 0.2) is 0 Å². The van der Waals surface area contributed by atoms with Gasteiger partial charge in [0.05, 0.1) is 18.5 Å². The molecule has 0 radical (unpaired) electrons. The lowest BCUT2D eigenvalue weighted by Crippen LogP contribution is -2.24. The molecule has 6 nitrogen and oxygen atoms in total. The average molecular weight is 304 g/mol. The van der Waals surface area contributed by atoms with Crippen LogP contribution in [0.5, 0.6) is 5.75 Å². The second-order valence-electron chi connectivity index (χ2n) is 4.09. The summed E-state index contributed by atoms with van der Waals surface area (Å²) in [6.45, 7) is 1.86. The summed E-state index contributed by atoms with van der Waals surface area (Å²) in [5.41, 5.74) is 0.367. The van der Waals surface area contributed by atoms with Crippen molar-refractivity contribution in [1.29, 1.82) is 0 Å². The molecule has 0 aliphatic carbocycles. The van der Waals surface area contributed by atoms with Crippen molar-refractivity contribution < 1.29 is 13.2 Å². The number of amidine groups is 1. The van der Waals surface area contributed by atoms with Gasteiger partial charge in [0.1, 0.15) is 18.2 Å². The summed E-state index contributed by atoms with van der Waals surface area (Å²) >= 11 is 5.91. The molecular formula is C11H14ClN3O3S. The lowest BCUT2D eigenvalue weighted by atomic mass is 10.3. The molecule has 0 aromatic heterocycles. The summed E-state index contributed by atoms with van der Waals surface area (Å²) in [4.78, 5) is 4.19. The number of benzene rings is 1. The van der Waals surface area contributed by atoms with Crippen molar-refractivity contribution in [2.24, 2.45) is 4.99 Å². The van der Waals surface area contributed by atoms with Crippen LogP contribution in [0.2, 0.25) is 5.02 Å². The number of sulfonamides is 1. The first-order chi connectivity index (χ1) is 8.92. The van der Waals surface area contributed by atoms with Crippen LogP contribution in [-0.4, -0.2) is 40.2 Å². The van der Waals surface area contributed by atoms with E-state index in [9.17, 15) is 8.42 Å². The molecule has 1 aliphatic rings. The summed E-state index contributed by atoms with van der Waals surface area (Å²) < 4.78 is 30.2. The van der Waals surface area contributed by atoms with Crippen molar-refractivity contribution >= 4 is 33.1 Å². The Morgan fingerprint density at radius 1 is 1.47 bits per heavy atom. The molecule has 0 bridgehead atoms. The Hall–Kier alpha value is -1.47. The molecule has 0 saturated heterocycles. The number of nitrogens with one attached hydrogen (secondary N) is 2. The van der Waals surface area contributed by atoms with Gasteiger partial charge in [-0.3, -0.25) is 9.71 Å². The molecule has 0 fully saturated rings. The van der Waals surface area contributed by atoms with E-state index in [4.69, 9.17) is 16.3 Å². The van der Waals surface area contributed by atoms with E-state index >= 15 is 0 Å². The fraction of sp³-hybridized carbons (Fsp3) is 0.364. The van der Waals surface area contributed by atoms with Gasteiger partial charge in [-0.15, -0.1) is 0 Å². The van der Waals surface area contributed by atoms with Crippen LogP contribution in [0.4, 0.5) is 5.69 Å². The molecule has 2 N–H and O–H groups in total. The van der Waals surface area contributed by atoms with Crippen molar-refractivity contribution in [2.75, 3.05) is 30.7 Å². The van der Waals surface area contributed by atoms with Crippen molar-refractivity contribution in [2.45, 2.75) is 0 Å². The molecule has 1 aromatic rings. The molecule has 1 heterocycles. The first-order valence-electron chi connectivity index (χ1n) is 5.61. The fourth-order valence-corrected chi connectivity index (χ4v) is 2.39. The van der Waals surface area contributed by atoms with Crippen LogP contribution in [0.1, 0.15) is 0 Å². The Labute approximate surface area is 116 Å². The first-order valence-corrected chi connectivity index (χ1v) is 7.88. The van der Waals surface area contributed by atoms with Crippen LogP contribution in [-0.2, 0) is 10.0 Å². The standard InChI is InChI=1S/C11H14ClN3O3S/c1-19(16,17)15-9-4-8(12)5-10(6-9)18-7-11-13-2-3-14-11/h4-6,15H,2-3,7H2,1H3,(H,13,14). The zero-order valence-electron chi connectivity index (χ0n) is 10.3. The van der Waals surface area contributed by atoms with Crippen LogP contribution >= 0.6 is 11.6 Å². The van der Waals surface area contributed by atoms with Crippen molar-refractivity contribution in [3.63, 3.8) is 0 Å². The molecular weight excluding hydrogens is 290 g/mol. The minimum Gasteiger partial charge on any atom is -0.486 e. The number of rotatable bonds is 5. The SMILES string of the molecule is CS(=O)(=O)Nc1cc(Cl)cc(OCC2=NCCN2)c1. The van der Waals surface area contributed by atoms with Gasteiger partial charge < -0.3 is 10.1 Å². The van der Waals surface area contributed by atoms with E-state index < -0.39 is 10.0 Å². The van der Waals surface area contributed by atoms with Gasteiger partial charge in [-0.2, -0.15) is 0 Å². The summed E-state index contributed by atoms with van der Waals surface area (Å²) in [5, 5.41) is 3.47. The van der Waals surface area contributed by atoms with Gasteiger partial charge in [-0.1, -0.05) is 11.6 Å². The largest absolute Gasteiger partial charge is 0.486 e. The molecule has 104 valence electrons. The summed E-state index contributed by atoms with van der Waals surface area (Å²) in [5.74, 6) is 1.26. The van der Waals surface area contributed by atoms with E-state index in [1.165, 1.54) is 6.07 Å². The highest BCUT2D eigenvalue weighted by Gasteiger charge is 2.08. The number of hydrogen-bond acceptors (Lipinski definition) is 5. The zero-order valence-corrected chi connectivity index (χ0v) is 11.9. The minimum atomic E-state index is -3.34. The van der Waals surface area contributed by atoms with E-state index in [-0.39, 0.29) is 0 Å². The second-order valence-corrected chi connectivity index (χ2v) is 6.28. The lowest BCUT2D eigenvalue weighted by molar-refractivity contribution is 0.374. The molecule has 1 aromatic carbocycles. The van der Waals surface area contributed by atoms with Crippen molar-refractivity contribution in [1.82, 2.24) is 5.32 Å². The maximum absolute atomic E-state index is 11.2. The third-order valence-electron chi connectivity index (χ3n) is 2.29. The van der Waals surface area contributed by atoms with E-state index in [2.05, 4.69) is 15.0 Å². The Bertz CT molecular complexity index is 601. The van der Waals surface area contributed by atoms with Crippen LogP contribution in [0.25, 0.3) is 0 Å². The predicted octanol–water partition coefficient (Wildman–Crippen LogP) is 1.09. The van der Waals surface area contributed by atoms with Gasteiger partial charge in [0, 0.05) is 17.6 Å². The van der Waals surface area contributed by atoms with Crippen LogP contribution < -0.4 is 14.8 Å². The van der Waals surface area contributed by atoms with E-state index in [0.717, 1.165) is 25.2 Å². The van der Waals surface area contributed by atoms with Gasteiger partial charge >= 0.3 is 0 Å². The average Bonchev–Trinajstić information content (AvgIpc) is 2.75. The molecule has 0 amide bonds. The molecule has 19 heavy (non-hydrogen) atoms. The Morgan fingerprint density at radius 3 is 2.89 bits per heavy atom. The normalized spacial score (nSPS) is 14.7. The smallest absolute Gasteiger partial charge is 0.229 e. The van der Waals surface area contributed by atoms with E-state index in [0.29, 0.717) is 23.1 Å². The fourth-order valence-electron chi connectivity index (χ4n) is 1.61. The molecule has 8 heteroatoms. The second kappa shape index (κ2) is 5.66. The quantitative estimate of drug-likeness (QED) is 0.853. The van der Waals surface area contributed by atoms with E-state index in [1.54, 1.807) is 12.1 Å². The highest BCUT2D eigenvalue weighted by atomic mass is 35.5. The monoisotopic (exact) mass is 303 g/mol. The number of anilines is 1. The van der Waals surface area contributed by atoms with Crippen LogP contribution in [0, 0.1) is 0 Å². The van der Waals surface area contributed by atoms with Crippen molar-refractivity contribution in [3.8, 4) is 5.75 Å². The van der Waals surface area contributed by atoms with Crippen LogP contribution in [0.3, 0.4) is 0 Å². The van der Waals surface area contributed by atoms with Gasteiger partial charge in [-0.25, -0.2) is 8.42 Å². The number of hydrogen-bond donors (Lipinski definition) is 2. The Balaban J connectivity index is 2.07. The topological polar surface area (TPSA) is 79.8 Å². The maximum Gasteiger partial charge on any atom is 0.229 e. The Morgan fingerprint density at radius 2 is 2.26 bits per heavy atom. The molecule has 1 aliphatic heterocycles. The molecule has 0 unspecified atom stereocenters. The molecule has 0 atom stereocenters. The molecule has 0 spiro atoms. The number of ether oxygens (including phenoxy) is 1. The molecule has 0 saturated carbocycles. The van der Waals surface area contributed by atoms with Gasteiger partial charge in [0.25, 0.3) is 0 Å². The summed E-state index contributed by atoms with van der Waals surface area (Å²) in [7, 11) is -3.34. The number of aliphatic imine (C=N–C) groups is 1.